The summed E-state index contributed by atoms with van der Waals surface area (Å²) in [4.78, 5) is 0. The van der Waals surface area contributed by atoms with E-state index in [9.17, 15) is 0 Å². The number of ether oxygens (including phenoxy) is 1. The third kappa shape index (κ3) is 2.44. The van der Waals surface area contributed by atoms with Crippen molar-refractivity contribution in [3.05, 3.63) is 22.7 Å². The van der Waals surface area contributed by atoms with E-state index >= 15 is 0 Å². The Bertz CT molecular complexity index is 362. The van der Waals surface area contributed by atoms with Crippen LogP contribution in [0.2, 0.25) is 0 Å². The molecule has 1 aromatic carbocycles. The van der Waals surface area contributed by atoms with Gasteiger partial charge in [-0.15, -0.1) is 0 Å². The average molecular weight is 271 g/mol. The summed E-state index contributed by atoms with van der Waals surface area (Å²) >= 11 is 3.50. The number of benzene rings is 1. The first kappa shape index (κ1) is 10.8. The number of nitrogen functional groups attached to an aromatic ring is 1. The van der Waals surface area contributed by atoms with E-state index in [1.54, 1.807) is 0 Å². The Morgan fingerprint density at radius 2 is 2.33 bits per heavy atom. The van der Waals surface area contributed by atoms with Gasteiger partial charge in [0.05, 0.1) is 12.1 Å². The van der Waals surface area contributed by atoms with E-state index in [0.29, 0.717) is 0 Å². The molecule has 0 amide bonds. The number of halogens is 1. The van der Waals surface area contributed by atoms with Gasteiger partial charge in [-0.25, -0.2) is 0 Å². The van der Waals surface area contributed by atoms with Crippen molar-refractivity contribution in [2.24, 2.45) is 0 Å². The number of rotatable bonds is 2. The van der Waals surface area contributed by atoms with Gasteiger partial charge in [-0.1, -0.05) is 0 Å². The Labute approximate surface area is 98.1 Å². The summed E-state index contributed by atoms with van der Waals surface area (Å²) in [6.45, 7) is 3.75. The molecule has 0 aliphatic carbocycles. The van der Waals surface area contributed by atoms with Gasteiger partial charge in [0.2, 0.25) is 0 Å². The van der Waals surface area contributed by atoms with Crippen LogP contribution in [0.4, 0.5) is 11.4 Å². The number of hydrogen-bond donors (Lipinski definition) is 2. The molecular weight excluding hydrogens is 256 g/mol. The molecule has 1 aliphatic heterocycles. The zero-order chi connectivity index (χ0) is 10.9. The molecule has 0 aromatic heterocycles. The molecule has 3 N–H and O–H groups in total. The van der Waals surface area contributed by atoms with E-state index in [2.05, 4.69) is 28.2 Å². The minimum atomic E-state index is 0.0403. The summed E-state index contributed by atoms with van der Waals surface area (Å²) < 4.78 is 6.39. The van der Waals surface area contributed by atoms with Crippen LogP contribution in [0.1, 0.15) is 13.3 Å². The molecule has 1 unspecified atom stereocenters. The van der Waals surface area contributed by atoms with Gasteiger partial charge in [-0.3, -0.25) is 0 Å². The number of anilines is 2. The smallest absolute Gasteiger partial charge is 0.0694 e. The normalized spacial score (nSPS) is 25.5. The molecule has 3 nitrogen and oxygen atoms in total. The Balaban J connectivity index is 2.16. The van der Waals surface area contributed by atoms with Crippen LogP contribution in [0.25, 0.3) is 0 Å². The van der Waals surface area contributed by atoms with Crippen molar-refractivity contribution in [3.63, 3.8) is 0 Å². The van der Waals surface area contributed by atoms with Gasteiger partial charge in [-0.05, 0) is 47.5 Å². The summed E-state index contributed by atoms with van der Waals surface area (Å²) in [6.07, 6.45) is 1.03. The van der Waals surface area contributed by atoms with Crippen LogP contribution in [0.5, 0.6) is 0 Å². The van der Waals surface area contributed by atoms with Gasteiger partial charge in [0.1, 0.15) is 0 Å². The Morgan fingerprint density at radius 3 is 2.93 bits per heavy atom. The lowest BCUT2D eigenvalue weighted by molar-refractivity contribution is 0.185. The molecular formula is C11H15BrN2O. The zero-order valence-corrected chi connectivity index (χ0v) is 10.3. The third-order valence-corrected chi connectivity index (χ3v) is 3.30. The van der Waals surface area contributed by atoms with Crippen LogP contribution in [0, 0.1) is 0 Å². The summed E-state index contributed by atoms with van der Waals surface area (Å²) in [6, 6.07) is 5.79. The molecule has 15 heavy (non-hydrogen) atoms. The standard InChI is InChI=1S/C11H15BrN2O/c1-11(4-5-15-7-11)14-10-3-2-8(13)6-9(10)12/h2-3,6,14H,4-5,7,13H2,1H3. The highest BCUT2D eigenvalue weighted by molar-refractivity contribution is 9.10. The monoisotopic (exact) mass is 270 g/mol. The second-order valence-electron chi connectivity index (χ2n) is 4.23. The van der Waals surface area contributed by atoms with Crippen molar-refractivity contribution in [1.29, 1.82) is 0 Å². The van der Waals surface area contributed by atoms with E-state index < -0.39 is 0 Å². The minimum Gasteiger partial charge on any atom is -0.399 e. The SMILES string of the molecule is CC1(Nc2ccc(N)cc2Br)CCOC1. The summed E-state index contributed by atoms with van der Waals surface area (Å²) in [5, 5.41) is 3.49. The lowest BCUT2D eigenvalue weighted by atomic mass is 10.0. The Kier molecular flexibility index (Phi) is 2.89. The van der Waals surface area contributed by atoms with Crippen molar-refractivity contribution in [3.8, 4) is 0 Å². The predicted molar refractivity (Wildman–Crippen MR) is 66.0 cm³/mol. The summed E-state index contributed by atoms with van der Waals surface area (Å²) in [7, 11) is 0. The van der Waals surface area contributed by atoms with Crippen molar-refractivity contribution in [1.82, 2.24) is 0 Å². The minimum absolute atomic E-state index is 0.0403. The van der Waals surface area contributed by atoms with E-state index in [1.165, 1.54) is 0 Å². The molecule has 1 aromatic rings. The van der Waals surface area contributed by atoms with E-state index in [0.717, 1.165) is 35.5 Å². The molecule has 2 rings (SSSR count). The fourth-order valence-corrected chi connectivity index (χ4v) is 2.22. The van der Waals surface area contributed by atoms with Gasteiger partial charge in [0.25, 0.3) is 0 Å². The molecule has 82 valence electrons. The Hall–Kier alpha value is -0.740. The quantitative estimate of drug-likeness (QED) is 0.813. The van der Waals surface area contributed by atoms with Crippen LogP contribution in [-0.2, 0) is 4.74 Å². The van der Waals surface area contributed by atoms with Crippen molar-refractivity contribution < 1.29 is 4.74 Å². The van der Waals surface area contributed by atoms with E-state index in [1.807, 2.05) is 18.2 Å². The molecule has 4 heteroatoms. The summed E-state index contributed by atoms with van der Waals surface area (Å²) in [5.74, 6) is 0. The first-order chi connectivity index (χ1) is 7.09. The van der Waals surface area contributed by atoms with Crippen LogP contribution in [-0.4, -0.2) is 18.8 Å². The summed E-state index contributed by atoms with van der Waals surface area (Å²) in [5.41, 5.74) is 7.56. The van der Waals surface area contributed by atoms with E-state index in [-0.39, 0.29) is 5.54 Å². The van der Waals surface area contributed by atoms with Gasteiger partial charge in [-0.2, -0.15) is 0 Å². The van der Waals surface area contributed by atoms with Gasteiger partial charge in [0.15, 0.2) is 0 Å². The molecule has 1 heterocycles. The fourth-order valence-electron chi connectivity index (χ4n) is 1.72. The molecule has 0 bridgehead atoms. The van der Waals surface area contributed by atoms with Crippen LogP contribution in [0.15, 0.2) is 22.7 Å². The van der Waals surface area contributed by atoms with Gasteiger partial charge < -0.3 is 15.8 Å². The first-order valence-corrected chi connectivity index (χ1v) is 5.79. The predicted octanol–water partition coefficient (Wildman–Crippen LogP) is 2.62. The Morgan fingerprint density at radius 1 is 1.53 bits per heavy atom. The molecule has 1 fully saturated rings. The molecule has 0 radical (unpaired) electrons. The largest absolute Gasteiger partial charge is 0.399 e. The maximum Gasteiger partial charge on any atom is 0.0694 e. The first-order valence-electron chi connectivity index (χ1n) is 5.00. The highest BCUT2D eigenvalue weighted by Gasteiger charge is 2.29. The molecule has 1 saturated heterocycles. The maximum atomic E-state index is 5.69. The maximum absolute atomic E-state index is 5.69. The average Bonchev–Trinajstić information content (AvgIpc) is 2.58. The second-order valence-corrected chi connectivity index (χ2v) is 5.08. The van der Waals surface area contributed by atoms with Crippen molar-refractivity contribution >= 4 is 27.3 Å². The molecule has 0 saturated carbocycles. The van der Waals surface area contributed by atoms with Crippen molar-refractivity contribution in [2.75, 3.05) is 24.3 Å². The van der Waals surface area contributed by atoms with Crippen LogP contribution >= 0.6 is 15.9 Å². The highest BCUT2D eigenvalue weighted by Crippen LogP contribution is 2.30. The number of hydrogen-bond acceptors (Lipinski definition) is 3. The fraction of sp³-hybridized carbons (Fsp3) is 0.455. The lowest BCUT2D eigenvalue weighted by Crippen LogP contribution is -2.35. The highest BCUT2D eigenvalue weighted by atomic mass is 79.9. The molecule has 1 atom stereocenters. The lowest BCUT2D eigenvalue weighted by Gasteiger charge is -2.25. The number of nitrogens with one attached hydrogen (secondary N) is 1. The van der Waals surface area contributed by atoms with Gasteiger partial charge >= 0.3 is 0 Å². The second kappa shape index (κ2) is 4.02. The van der Waals surface area contributed by atoms with Crippen LogP contribution < -0.4 is 11.1 Å². The van der Waals surface area contributed by atoms with Crippen LogP contribution in [0.3, 0.4) is 0 Å². The zero-order valence-electron chi connectivity index (χ0n) is 8.72. The third-order valence-electron chi connectivity index (χ3n) is 2.65. The molecule has 1 aliphatic rings. The van der Waals surface area contributed by atoms with Gasteiger partial charge in [0, 0.05) is 22.5 Å². The van der Waals surface area contributed by atoms with Crippen molar-refractivity contribution in [2.45, 2.75) is 18.9 Å². The number of nitrogens with two attached hydrogens (primary N) is 1. The van der Waals surface area contributed by atoms with E-state index in [4.69, 9.17) is 10.5 Å². The molecule has 0 spiro atoms. The topological polar surface area (TPSA) is 47.3 Å².